The number of carboxylic acids is 1. The highest BCUT2D eigenvalue weighted by Crippen LogP contribution is 2.40. The molecule has 0 unspecified atom stereocenters. The molecule has 0 saturated carbocycles. The van der Waals surface area contributed by atoms with Crippen LogP contribution in [0.3, 0.4) is 0 Å². The molecule has 0 saturated heterocycles. The Bertz CT molecular complexity index is 1410. The smallest absolute Gasteiger partial charge is 0.360 e. The van der Waals surface area contributed by atoms with Crippen molar-refractivity contribution >= 4 is 28.1 Å². The van der Waals surface area contributed by atoms with Gasteiger partial charge in [0.05, 0.1) is 0 Å². The molecule has 8 heteroatoms. The van der Waals surface area contributed by atoms with E-state index >= 15 is 0 Å². The highest BCUT2D eigenvalue weighted by molar-refractivity contribution is 7.14. The zero-order valence-corrected chi connectivity index (χ0v) is 21.1. The molecule has 0 spiro atoms. The molecule has 2 aromatic heterocycles. The molecule has 5 aromatic rings. The summed E-state index contributed by atoms with van der Waals surface area (Å²) in [7, 11) is 0. The number of rotatable bonds is 10. The molecule has 0 fully saturated rings. The first-order chi connectivity index (χ1) is 18.7. The van der Waals surface area contributed by atoms with E-state index in [1.807, 2.05) is 54.6 Å². The highest BCUT2D eigenvalue weighted by Gasteiger charge is 2.37. The molecule has 7 nitrogen and oxygen atoms in total. The van der Waals surface area contributed by atoms with Gasteiger partial charge in [-0.3, -0.25) is 4.98 Å². The van der Waals surface area contributed by atoms with Crippen LogP contribution in [0, 0.1) is 0 Å². The summed E-state index contributed by atoms with van der Waals surface area (Å²) in [6.07, 6.45) is 3.27. The minimum absolute atomic E-state index is 0.119. The summed E-state index contributed by atoms with van der Waals surface area (Å²) in [6, 6.07) is 33.9. The van der Waals surface area contributed by atoms with E-state index in [0.29, 0.717) is 5.13 Å². The van der Waals surface area contributed by atoms with Crippen LogP contribution in [-0.2, 0) is 21.8 Å². The Kier molecular flexibility index (Phi) is 7.52. The topological polar surface area (TPSA) is 96.7 Å². The summed E-state index contributed by atoms with van der Waals surface area (Å²) in [5.74, 6) is -1.22. The van der Waals surface area contributed by atoms with Gasteiger partial charge in [-0.05, 0) is 34.4 Å². The maximum atomic E-state index is 12.0. The van der Waals surface area contributed by atoms with E-state index < -0.39 is 11.5 Å². The third-order valence-corrected chi connectivity index (χ3v) is 6.76. The zero-order chi connectivity index (χ0) is 26.2. The van der Waals surface area contributed by atoms with Crippen molar-refractivity contribution in [3.05, 3.63) is 149 Å². The number of nitrogens with zero attached hydrogens (tertiary/aromatic N) is 3. The van der Waals surface area contributed by atoms with Crippen molar-refractivity contribution in [3.8, 4) is 0 Å². The van der Waals surface area contributed by atoms with Crippen LogP contribution in [0.1, 0.15) is 27.9 Å². The number of hydrogen-bond donors (Lipinski definition) is 2. The predicted octanol–water partition coefficient (Wildman–Crippen LogP) is 5.95. The van der Waals surface area contributed by atoms with E-state index in [-0.39, 0.29) is 18.0 Å². The maximum Gasteiger partial charge on any atom is 0.360 e. The van der Waals surface area contributed by atoms with Crippen LogP contribution in [-0.4, -0.2) is 26.8 Å². The third-order valence-electron chi connectivity index (χ3n) is 6.00. The number of thiazole rings is 1. The average molecular weight is 521 g/mol. The largest absolute Gasteiger partial charge is 0.476 e. The number of oxime groups is 1. The summed E-state index contributed by atoms with van der Waals surface area (Å²) >= 11 is 1.31. The molecule has 0 aliphatic carbocycles. The molecular weight excluding hydrogens is 496 g/mol. The van der Waals surface area contributed by atoms with Gasteiger partial charge in [-0.25, -0.2) is 9.78 Å². The van der Waals surface area contributed by atoms with E-state index in [1.165, 1.54) is 11.3 Å². The van der Waals surface area contributed by atoms with Crippen LogP contribution in [0.5, 0.6) is 0 Å². The van der Waals surface area contributed by atoms with Gasteiger partial charge in [-0.1, -0.05) is 96.2 Å². The molecule has 0 amide bonds. The first kappa shape index (κ1) is 24.9. The van der Waals surface area contributed by atoms with Crippen molar-refractivity contribution < 1.29 is 14.7 Å². The van der Waals surface area contributed by atoms with Gasteiger partial charge in [-0.2, -0.15) is 0 Å². The first-order valence-electron chi connectivity index (χ1n) is 11.9. The molecule has 5 rings (SSSR count). The lowest BCUT2D eigenvalue weighted by atomic mass is 9.77. The van der Waals surface area contributed by atoms with Gasteiger partial charge in [-0.15, -0.1) is 11.3 Å². The van der Waals surface area contributed by atoms with Crippen LogP contribution < -0.4 is 5.32 Å². The quantitative estimate of drug-likeness (QED) is 0.134. The molecule has 0 atom stereocenters. The standard InChI is InChI=1S/C30H24N4O3S/c35-28(36)27(34-37-20-22-16-18-31-19-17-22)26-21-38-29(32-26)33-30(23-10-4-1-5-11-23,24-12-6-2-7-13-24)25-14-8-3-9-15-25/h1-19,21H,20H2,(H,32,33)(H,35,36)/b34-27+. The van der Waals surface area contributed by atoms with Crippen LogP contribution in [0.2, 0.25) is 0 Å². The van der Waals surface area contributed by atoms with Crippen LogP contribution >= 0.6 is 11.3 Å². The molecule has 3 aromatic carbocycles. The Hall–Kier alpha value is -4.82. The van der Waals surface area contributed by atoms with Crippen LogP contribution in [0.25, 0.3) is 0 Å². The van der Waals surface area contributed by atoms with Crippen molar-refractivity contribution in [2.24, 2.45) is 5.16 Å². The molecule has 0 aliphatic rings. The minimum atomic E-state index is -1.22. The minimum Gasteiger partial charge on any atom is -0.476 e. The lowest BCUT2D eigenvalue weighted by molar-refractivity contribution is -0.129. The van der Waals surface area contributed by atoms with E-state index in [2.05, 4.69) is 56.8 Å². The number of pyridine rings is 1. The van der Waals surface area contributed by atoms with Crippen molar-refractivity contribution in [1.29, 1.82) is 0 Å². The third kappa shape index (κ3) is 5.30. The van der Waals surface area contributed by atoms with Gasteiger partial charge in [0, 0.05) is 17.8 Å². The van der Waals surface area contributed by atoms with Crippen LogP contribution in [0.15, 0.2) is 126 Å². The van der Waals surface area contributed by atoms with Gasteiger partial charge in [0.15, 0.2) is 5.13 Å². The Morgan fingerprint density at radius 2 is 1.37 bits per heavy atom. The van der Waals surface area contributed by atoms with Crippen molar-refractivity contribution in [2.75, 3.05) is 5.32 Å². The van der Waals surface area contributed by atoms with E-state index in [4.69, 9.17) is 4.84 Å². The number of aromatic nitrogens is 2. The van der Waals surface area contributed by atoms with Gasteiger partial charge < -0.3 is 15.3 Å². The second kappa shape index (κ2) is 11.5. The Morgan fingerprint density at radius 3 is 1.87 bits per heavy atom. The second-order valence-corrected chi connectivity index (χ2v) is 9.24. The Morgan fingerprint density at radius 1 is 0.842 bits per heavy atom. The molecule has 38 heavy (non-hydrogen) atoms. The van der Waals surface area contributed by atoms with Crippen molar-refractivity contribution in [2.45, 2.75) is 12.1 Å². The number of nitrogens with one attached hydrogen (secondary N) is 1. The van der Waals surface area contributed by atoms with E-state index in [1.54, 1.807) is 29.9 Å². The fraction of sp³-hybridized carbons (Fsp3) is 0.0667. The number of aliphatic carboxylic acids is 1. The van der Waals surface area contributed by atoms with Gasteiger partial charge >= 0.3 is 5.97 Å². The average Bonchev–Trinajstić information content (AvgIpc) is 3.43. The molecule has 0 radical (unpaired) electrons. The number of hydrogen-bond acceptors (Lipinski definition) is 7. The van der Waals surface area contributed by atoms with Crippen molar-refractivity contribution in [1.82, 2.24) is 9.97 Å². The summed E-state index contributed by atoms with van der Waals surface area (Å²) in [4.78, 5) is 25.9. The summed E-state index contributed by atoms with van der Waals surface area (Å²) in [5.41, 5.74) is 3.03. The van der Waals surface area contributed by atoms with Gasteiger partial charge in [0.25, 0.3) is 0 Å². The second-order valence-electron chi connectivity index (χ2n) is 8.38. The highest BCUT2D eigenvalue weighted by atomic mass is 32.1. The predicted molar refractivity (Wildman–Crippen MR) is 148 cm³/mol. The normalized spacial score (nSPS) is 11.6. The molecule has 0 bridgehead atoms. The lowest BCUT2D eigenvalue weighted by Crippen LogP contribution is -2.38. The first-order valence-corrected chi connectivity index (χ1v) is 12.8. The summed E-state index contributed by atoms with van der Waals surface area (Å²) in [6.45, 7) is 0.119. The Balaban J connectivity index is 1.53. The number of carbonyl (C=O) groups is 1. The van der Waals surface area contributed by atoms with E-state index in [9.17, 15) is 9.90 Å². The summed E-state index contributed by atoms with van der Waals surface area (Å²) < 4.78 is 0. The van der Waals surface area contributed by atoms with Gasteiger partial charge in [0.2, 0.25) is 5.71 Å². The van der Waals surface area contributed by atoms with Crippen molar-refractivity contribution in [3.63, 3.8) is 0 Å². The lowest BCUT2D eigenvalue weighted by Gasteiger charge is -2.36. The molecule has 0 aliphatic heterocycles. The monoisotopic (exact) mass is 520 g/mol. The molecular formula is C30H24N4O3S. The molecule has 2 heterocycles. The number of benzene rings is 3. The number of carboxylic acid groups (broad SMARTS) is 1. The maximum absolute atomic E-state index is 12.0. The SMILES string of the molecule is O=C(O)/C(=N/OCc1ccncc1)c1csc(NC(c2ccccc2)(c2ccccc2)c2ccccc2)n1. The van der Waals surface area contributed by atoms with Gasteiger partial charge in [0.1, 0.15) is 17.8 Å². The molecule has 188 valence electrons. The fourth-order valence-corrected chi connectivity index (χ4v) is 4.98. The fourth-order valence-electron chi connectivity index (χ4n) is 4.23. The number of anilines is 1. The Labute approximate surface area is 224 Å². The van der Waals surface area contributed by atoms with E-state index in [0.717, 1.165) is 22.3 Å². The molecule has 2 N–H and O–H groups in total. The summed E-state index contributed by atoms with van der Waals surface area (Å²) in [5, 5.41) is 19.6. The zero-order valence-electron chi connectivity index (χ0n) is 20.3. The van der Waals surface area contributed by atoms with Crippen LogP contribution in [0.4, 0.5) is 5.13 Å².